The maximum atomic E-state index is 10.9. The Balaban J connectivity index is 2.02. The fourth-order valence-electron chi connectivity index (χ4n) is 2.59. The van der Waals surface area contributed by atoms with Crippen molar-refractivity contribution < 1.29 is 4.92 Å². The molecule has 1 aromatic rings. The lowest BCUT2D eigenvalue weighted by molar-refractivity contribution is -0.385. The van der Waals surface area contributed by atoms with Crippen LogP contribution in [-0.4, -0.2) is 35.5 Å². The van der Waals surface area contributed by atoms with Gasteiger partial charge in [0.2, 0.25) is 0 Å². The van der Waals surface area contributed by atoms with Crippen molar-refractivity contribution in [3.05, 3.63) is 32.8 Å². The number of hydrogen-bond acceptors (Lipinski definition) is 4. The molecule has 20 heavy (non-hydrogen) atoms. The van der Waals surface area contributed by atoms with Gasteiger partial charge in [-0.3, -0.25) is 10.1 Å². The predicted molar refractivity (Wildman–Crippen MR) is 84.2 cm³/mol. The molecule has 1 fully saturated rings. The van der Waals surface area contributed by atoms with E-state index in [9.17, 15) is 10.1 Å². The smallest absolute Gasteiger partial charge is 0.285 e. The van der Waals surface area contributed by atoms with Crippen molar-refractivity contribution >= 4 is 27.3 Å². The number of nitro benzene ring substituents is 1. The minimum atomic E-state index is -0.360. The van der Waals surface area contributed by atoms with Crippen LogP contribution in [0.15, 0.2) is 22.7 Å². The number of benzene rings is 1. The Labute approximate surface area is 127 Å². The first kappa shape index (κ1) is 15.3. The lowest BCUT2D eigenvalue weighted by atomic mass is 10.1. The molecule has 0 amide bonds. The summed E-state index contributed by atoms with van der Waals surface area (Å²) < 4.78 is 0.520. The molecule has 2 rings (SSSR count). The fraction of sp³-hybridized carbons (Fsp3) is 0.571. The number of halogens is 1. The maximum absolute atomic E-state index is 10.9. The number of hydrogen-bond donors (Lipinski definition) is 1. The number of rotatable bonds is 4. The van der Waals surface area contributed by atoms with E-state index in [1.807, 2.05) is 6.07 Å². The van der Waals surface area contributed by atoms with Gasteiger partial charge in [-0.25, -0.2) is 0 Å². The average molecular weight is 342 g/mol. The average Bonchev–Trinajstić information content (AvgIpc) is 2.66. The van der Waals surface area contributed by atoms with Gasteiger partial charge in [0.1, 0.15) is 0 Å². The normalized spacial score (nSPS) is 20.4. The van der Waals surface area contributed by atoms with E-state index < -0.39 is 0 Å². The summed E-state index contributed by atoms with van der Waals surface area (Å²) in [7, 11) is 0. The Morgan fingerprint density at radius 2 is 2.25 bits per heavy atom. The second-order valence-electron chi connectivity index (χ2n) is 5.13. The topological polar surface area (TPSA) is 58.4 Å². The molecule has 1 aromatic carbocycles. The molecule has 1 aliphatic rings. The summed E-state index contributed by atoms with van der Waals surface area (Å²) in [4.78, 5) is 13.0. The van der Waals surface area contributed by atoms with Crippen LogP contribution in [0.4, 0.5) is 11.4 Å². The summed E-state index contributed by atoms with van der Waals surface area (Å²) in [5, 5.41) is 14.4. The monoisotopic (exact) mass is 341 g/mol. The summed E-state index contributed by atoms with van der Waals surface area (Å²) in [5.41, 5.74) is 0.939. The van der Waals surface area contributed by atoms with Crippen molar-refractivity contribution in [1.82, 2.24) is 4.90 Å². The Kier molecular flexibility index (Phi) is 5.37. The van der Waals surface area contributed by atoms with Gasteiger partial charge in [-0.1, -0.05) is 6.92 Å². The molecule has 1 aliphatic heterocycles. The third-order valence-electron chi connectivity index (χ3n) is 3.78. The lowest BCUT2D eigenvalue weighted by Gasteiger charge is -2.19. The van der Waals surface area contributed by atoms with E-state index in [0.29, 0.717) is 10.5 Å². The molecule has 1 heterocycles. The van der Waals surface area contributed by atoms with Gasteiger partial charge in [-0.05, 0) is 60.4 Å². The van der Waals surface area contributed by atoms with Crippen molar-refractivity contribution in [2.45, 2.75) is 32.2 Å². The zero-order chi connectivity index (χ0) is 14.5. The first-order valence-electron chi connectivity index (χ1n) is 7.03. The predicted octanol–water partition coefficient (Wildman–Crippen LogP) is 3.64. The van der Waals surface area contributed by atoms with Crippen LogP contribution < -0.4 is 5.32 Å². The largest absolute Gasteiger partial charge is 0.382 e. The van der Waals surface area contributed by atoms with Gasteiger partial charge in [-0.2, -0.15) is 0 Å². The highest BCUT2D eigenvalue weighted by molar-refractivity contribution is 9.10. The van der Waals surface area contributed by atoms with Gasteiger partial charge in [0, 0.05) is 24.3 Å². The molecule has 1 atom stereocenters. The number of anilines is 1. The van der Waals surface area contributed by atoms with Gasteiger partial charge in [0.25, 0.3) is 5.69 Å². The third kappa shape index (κ3) is 3.93. The molecule has 0 spiro atoms. The molecule has 5 nitrogen and oxygen atoms in total. The van der Waals surface area contributed by atoms with E-state index in [1.165, 1.54) is 6.42 Å². The summed E-state index contributed by atoms with van der Waals surface area (Å²) >= 11 is 3.21. The van der Waals surface area contributed by atoms with Crippen molar-refractivity contribution in [2.75, 3.05) is 25.0 Å². The van der Waals surface area contributed by atoms with Gasteiger partial charge in [0.15, 0.2) is 0 Å². The molecule has 0 aromatic heterocycles. The summed E-state index contributed by atoms with van der Waals surface area (Å²) in [5.74, 6) is 0. The Morgan fingerprint density at radius 3 is 2.95 bits per heavy atom. The molecule has 0 radical (unpaired) electrons. The minimum Gasteiger partial charge on any atom is -0.382 e. The molecule has 6 heteroatoms. The molecule has 0 bridgehead atoms. The second-order valence-corrected chi connectivity index (χ2v) is 5.98. The van der Waals surface area contributed by atoms with Crippen molar-refractivity contribution in [2.24, 2.45) is 0 Å². The molecular formula is C14H20BrN3O2. The van der Waals surface area contributed by atoms with Crippen LogP contribution in [0.25, 0.3) is 0 Å². The summed E-state index contributed by atoms with van der Waals surface area (Å²) in [6, 6.07) is 5.62. The molecule has 1 saturated heterocycles. The van der Waals surface area contributed by atoms with Crippen molar-refractivity contribution in [3.8, 4) is 0 Å². The highest BCUT2D eigenvalue weighted by atomic mass is 79.9. The van der Waals surface area contributed by atoms with Gasteiger partial charge in [-0.15, -0.1) is 0 Å². The van der Waals surface area contributed by atoms with Crippen LogP contribution in [0.3, 0.4) is 0 Å². The van der Waals surface area contributed by atoms with E-state index in [4.69, 9.17) is 0 Å². The van der Waals surface area contributed by atoms with E-state index in [-0.39, 0.29) is 10.6 Å². The van der Waals surface area contributed by atoms with Crippen LogP contribution >= 0.6 is 15.9 Å². The molecule has 0 aliphatic carbocycles. The number of nitrogens with one attached hydrogen (secondary N) is 1. The minimum absolute atomic E-state index is 0.110. The first-order chi connectivity index (χ1) is 9.60. The number of likely N-dealkylation sites (tertiary alicyclic amines) is 1. The van der Waals surface area contributed by atoms with Gasteiger partial charge in [0.05, 0.1) is 9.40 Å². The summed E-state index contributed by atoms with van der Waals surface area (Å²) in [6.45, 7) is 5.52. The second kappa shape index (κ2) is 7.04. The lowest BCUT2D eigenvalue weighted by Crippen LogP contribution is -2.26. The van der Waals surface area contributed by atoms with Crippen LogP contribution in [0.1, 0.15) is 26.2 Å². The van der Waals surface area contributed by atoms with Crippen LogP contribution in [0, 0.1) is 10.1 Å². The van der Waals surface area contributed by atoms with E-state index >= 15 is 0 Å². The van der Waals surface area contributed by atoms with Gasteiger partial charge >= 0.3 is 0 Å². The van der Waals surface area contributed by atoms with Crippen LogP contribution in [0.5, 0.6) is 0 Å². The van der Waals surface area contributed by atoms with Crippen molar-refractivity contribution in [3.63, 3.8) is 0 Å². The van der Waals surface area contributed by atoms with E-state index in [0.717, 1.165) is 38.2 Å². The number of nitrogens with zero attached hydrogens (tertiary/aromatic N) is 2. The fourth-order valence-corrected chi connectivity index (χ4v) is 2.99. The quantitative estimate of drug-likeness (QED) is 0.670. The maximum Gasteiger partial charge on any atom is 0.285 e. The Morgan fingerprint density at radius 1 is 1.45 bits per heavy atom. The highest BCUT2D eigenvalue weighted by Crippen LogP contribution is 2.28. The third-order valence-corrected chi connectivity index (χ3v) is 4.45. The van der Waals surface area contributed by atoms with E-state index in [2.05, 4.69) is 33.1 Å². The zero-order valence-electron chi connectivity index (χ0n) is 11.6. The SMILES string of the molecule is CCN1CCCC(Nc2ccc(Br)c([N+](=O)[O-])c2)CC1. The van der Waals surface area contributed by atoms with Crippen LogP contribution in [-0.2, 0) is 0 Å². The van der Waals surface area contributed by atoms with E-state index in [1.54, 1.807) is 12.1 Å². The standard InChI is InChI=1S/C14H20BrN3O2/c1-2-17-8-3-4-11(7-9-17)16-12-5-6-13(15)14(10-12)18(19)20/h5-6,10-11,16H,2-4,7-9H2,1H3. The van der Waals surface area contributed by atoms with Gasteiger partial charge < -0.3 is 10.2 Å². The highest BCUT2D eigenvalue weighted by Gasteiger charge is 2.17. The first-order valence-corrected chi connectivity index (χ1v) is 7.82. The molecule has 1 unspecified atom stereocenters. The molecule has 0 saturated carbocycles. The van der Waals surface area contributed by atoms with Crippen molar-refractivity contribution in [1.29, 1.82) is 0 Å². The Bertz CT molecular complexity index is 481. The zero-order valence-corrected chi connectivity index (χ0v) is 13.2. The summed E-state index contributed by atoms with van der Waals surface area (Å²) in [6.07, 6.45) is 3.36. The number of nitro groups is 1. The van der Waals surface area contributed by atoms with Crippen LogP contribution in [0.2, 0.25) is 0 Å². The molecule has 1 N–H and O–H groups in total. The Hall–Kier alpha value is -1.14. The molecule has 110 valence electrons. The molecular weight excluding hydrogens is 322 g/mol.